The third-order valence-corrected chi connectivity index (χ3v) is 3.60. The van der Waals surface area contributed by atoms with Crippen molar-refractivity contribution in [1.29, 1.82) is 0 Å². The summed E-state index contributed by atoms with van der Waals surface area (Å²) in [5.74, 6) is -0.521. The topological polar surface area (TPSA) is 73.9 Å². The van der Waals surface area contributed by atoms with E-state index in [1.807, 2.05) is 0 Å². The first-order valence-electron chi connectivity index (χ1n) is 7.44. The number of carbonyl (C=O) groups excluding carboxylic acids is 2. The SMILES string of the molecule is COc1cccc(C(=O)O[C@H](C)C(=O)Nc2cccc(Cl)c2)c1OC. The van der Waals surface area contributed by atoms with Crippen LogP contribution >= 0.6 is 11.6 Å². The zero-order valence-electron chi connectivity index (χ0n) is 14.0. The molecule has 1 amide bonds. The van der Waals surface area contributed by atoms with E-state index >= 15 is 0 Å². The predicted octanol–water partition coefficient (Wildman–Crippen LogP) is 3.54. The summed E-state index contributed by atoms with van der Waals surface area (Å²) in [6, 6.07) is 11.5. The number of nitrogens with one attached hydrogen (secondary N) is 1. The minimum Gasteiger partial charge on any atom is -0.493 e. The third kappa shape index (κ3) is 4.64. The van der Waals surface area contributed by atoms with Crippen LogP contribution in [-0.4, -0.2) is 32.2 Å². The predicted molar refractivity (Wildman–Crippen MR) is 94.5 cm³/mol. The van der Waals surface area contributed by atoms with Crippen LogP contribution in [0.4, 0.5) is 5.69 Å². The van der Waals surface area contributed by atoms with E-state index in [0.29, 0.717) is 16.5 Å². The van der Waals surface area contributed by atoms with Gasteiger partial charge in [-0.1, -0.05) is 23.7 Å². The molecule has 0 heterocycles. The average molecular weight is 364 g/mol. The summed E-state index contributed by atoms with van der Waals surface area (Å²) in [5.41, 5.74) is 0.684. The number of hydrogen-bond acceptors (Lipinski definition) is 5. The number of esters is 1. The Morgan fingerprint density at radius 1 is 1.08 bits per heavy atom. The lowest BCUT2D eigenvalue weighted by atomic mass is 10.2. The van der Waals surface area contributed by atoms with E-state index in [9.17, 15) is 9.59 Å². The minimum atomic E-state index is -1.01. The second-order valence-corrected chi connectivity index (χ2v) is 5.52. The van der Waals surface area contributed by atoms with Crippen molar-refractivity contribution in [1.82, 2.24) is 0 Å². The first-order valence-corrected chi connectivity index (χ1v) is 7.82. The molecule has 0 aromatic heterocycles. The number of anilines is 1. The molecular weight excluding hydrogens is 346 g/mol. The molecule has 7 heteroatoms. The van der Waals surface area contributed by atoms with Gasteiger partial charge in [0.15, 0.2) is 17.6 Å². The van der Waals surface area contributed by atoms with Crippen LogP contribution in [0.1, 0.15) is 17.3 Å². The van der Waals surface area contributed by atoms with Crippen LogP contribution in [0.5, 0.6) is 11.5 Å². The van der Waals surface area contributed by atoms with Gasteiger partial charge in [-0.3, -0.25) is 4.79 Å². The van der Waals surface area contributed by atoms with Crippen molar-refractivity contribution in [3.63, 3.8) is 0 Å². The molecule has 6 nitrogen and oxygen atoms in total. The molecule has 0 aliphatic carbocycles. The highest BCUT2D eigenvalue weighted by atomic mass is 35.5. The number of benzene rings is 2. The molecule has 2 aromatic carbocycles. The van der Waals surface area contributed by atoms with E-state index in [0.717, 1.165) is 0 Å². The van der Waals surface area contributed by atoms with Gasteiger partial charge in [-0.05, 0) is 37.3 Å². The molecule has 0 saturated carbocycles. The molecule has 0 unspecified atom stereocenters. The van der Waals surface area contributed by atoms with E-state index in [1.54, 1.807) is 36.4 Å². The zero-order chi connectivity index (χ0) is 18.4. The maximum atomic E-state index is 12.4. The quantitative estimate of drug-likeness (QED) is 0.794. The van der Waals surface area contributed by atoms with Crippen LogP contribution in [-0.2, 0) is 9.53 Å². The summed E-state index contributed by atoms with van der Waals surface area (Å²) >= 11 is 5.87. The molecule has 0 aliphatic heterocycles. The maximum Gasteiger partial charge on any atom is 0.342 e. The molecule has 0 spiro atoms. The Morgan fingerprint density at radius 2 is 1.80 bits per heavy atom. The number of methoxy groups -OCH3 is 2. The van der Waals surface area contributed by atoms with E-state index in [-0.39, 0.29) is 11.3 Å². The molecule has 1 atom stereocenters. The number of ether oxygens (including phenoxy) is 3. The minimum absolute atomic E-state index is 0.171. The molecule has 25 heavy (non-hydrogen) atoms. The van der Waals surface area contributed by atoms with Crippen molar-refractivity contribution in [3.05, 3.63) is 53.1 Å². The molecule has 0 fully saturated rings. The van der Waals surface area contributed by atoms with E-state index < -0.39 is 18.0 Å². The molecule has 0 bridgehead atoms. The van der Waals surface area contributed by atoms with Crippen molar-refractivity contribution in [2.45, 2.75) is 13.0 Å². The maximum absolute atomic E-state index is 12.4. The zero-order valence-corrected chi connectivity index (χ0v) is 14.8. The van der Waals surface area contributed by atoms with Gasteiger partial charge in [-0.2, -0.15) is 0 Å². The average Bonchev–Trinajstić information content (AvgIpc) is 2.60. The Bertz CT molecular complexity index is 778. The van der Waals surface area contributed by atoms with Crippen molar-refractivity contribution < 1.29 is 23.8 Å². The summed E-state index contributed by atoms with van der Waals surface area (Å²) in [6.07, 6.45) is -1.01. The lowest BCUT2D eigenvalue weighted by Gasteiger charge is -2.16. The second-order valence-electron chi connectivity index (χ2n) is 5.09. The van der Waals surface area contributed by atoms with Gasteiger partial charge in [0, 0.05) is 10.7 Å². The molecule has 2 rings (SSSR count). The number of para-hydroxylation sites is 1. The van der Waals surface area contributed by atoms with Gasteiger partial charge in [0.2, 0.25) is 0 Å². The second kappa shape index (κ2) is 8.39. The molecule has 0 radical (unpaired) electrons. The fraction of sp³-hybridized carbons (Fsp3) is 0.222. The van der Waals surface area contributed by atoms with Crippen LogP contribution in [0.2, 0.25) is 5.02 Å². The molecule has 0 saturated heterocycles. The van der Waals surface area contributed by atoms with Gasteiger partial charge >= 0.3 is 5.97 Å². The molecular formula is C18H18ClNO5. The van der Waals surface area contributed by atoms with Gasteiger partial charge < -0.3 is 19.5 Å². The summed E-state index contributed by atoms with van der Waals surface area (Å²) in [6.45, 7) is 1.48. The summed E-state index contributed by atoms with van der Waals surface area (Å²) in [7, 11) is 2.89. The van der Waals surface area contributed by atoms with Crippen LogP contribution in [0.25, 0.3) is 0 Å². The highest BCUT2D eigenvalue weighted by molar-refractivity contribution is 6.30. The summed E-state index contributed by atoms with van der Waals surface area (Å²) < 4.78 is 15.6. The largest absolute Gasteiger partial charge is 0.493 e. The van der Waals surface area contributed by atoms with E-state index in [1.165, 1.54) is 27.2 Å². The molecule has 132 valence electrons. The van der Waals surface area contributed by atoms with E-state index in [2.05, 4.69) is 5.32 Å². The Labute approximate surface area is 150 Å². The fourth-order valence-electron chi connectivity index (χ4n) is 2.14. The number of halogens is 1. The highest BCUT2D eigenvalue weighted by Gasteiger charge is 2.23. The molecule has 2 aromatic rings. The normalized spacial score (nSPS) is 11.4. The Morgan fingerprint density at radius 3 is 2.44 bits per heavy atom. The van der Waals surface area contributed by atoms with Crippen molar-refractivity contribution >= 4 is 29.2 Å². The van der Waals surface area contributed by atoms with Crippen molar-refractivity contribution in [2.75, 3.05) is 19.5 Å². The standard InChI is InChI=1S/C18H18ClNO5/c1-11(17(21)20-13-7-4-6-12(19)10-13)25-18(22)14-8-5-9-15(23-2)16(14)24-3/h4-11H,1-3H3,(H,20,21)/t11-/m1/s1. The lowest BCUT2D eigenvalue weighted by Crippen LogP contribution is -2.30. The molecule has 0 aliphatic rings. The molecule has 1 N–H and O–H groups in total. The van der Waals surface area contributed by atoms with Gasteiger partial charge in [0.25, 0.3) is 5.91 Å². The van der Waals surface area contributed by atoms with Gasteiger partial charge in [-0.25, -0.2) is 4.79 Å². The fourth-order valence-corrected chi connectivity index (χ4v) is 2.33. The first kappa shape index (κ1) is 18.6. The van der Waals surface area contributed by atoms with Crippen LogP contribution in [0, 0.1) is 0 Å². The van der Waals surface area contributed by atoms with Gasteiger partial charge in [0.1, 0.15) is 5.56 Å². The van der Waals surface area contributed by atoms with Gasteiger partial charge in [-0.15, -0.1) is 0 Å². The van der Waals surface area contributed by atoms with Crippen LogP contribution in [0.3, 0.4) is 0 Å². The monoisotopic (exact) mass is 363 g/mol. The first-order chi connectivity index (χ1) is 12.0. The summed E-state index contributed by atoms with van der Waals surface area (Å²) in [5, 5.41) is 3.12. The Hall–Kier alpha value is -2.73. The number of rotatable bonds is 6. The Balaban J connectivity index is 2.08. The third-order valence-electron chi connectivity index (χ3n) is 3.37. The number of amides is 1. The van der Waals surface area contributed by atoms with E-state index in [4.69, 9.17) is 25.8 Å². The summed E-state index contributed by atoms with van der Waals surface area (Å²) in [4.78, 5) is 24.5. The Kier molecular flexibility index (Phi) is 6.25. The highest BCUT2D eigenvalue weighted by Crippen LogP contribution is 2.31. The van der Waals surface area contributed by atoms with Crippen LogP contribution < -0.4 is 14.8 Å². The van der Waals surface area contributed by atoms with Crippen molar-refractivity contribution in [2.24, 2.45) is 0 Å². The smallest absolute Gasteiger partial charge is 0.342 e. The van der Waals surface area contributed by atoms with Gasteiger partial charge in [0.05, 0.1) is 14.2 Å². The number of carbonyl (C=O) groups is 2. The number of hydrogen-bond donors (Lipinski definition) is 1. The lowest BCUT2D eigenvalue weighted by molar-refractivity contribution is -0.123. The van der Waals surface area contributed by atoms with Crippen molar-refractivity contribution in [3.8, 4) is 11.5 Å². The van der Waals surface area contributed by atoms with Crippen LogP contribution in [0.15, 0.2) is 42.5 Å².